The summed E-state index contributed by atoms with van der Waals surface area (Å²) < 4.78 is 5.37. The van der Waals surface area contributed by atoms with Gasteiger partial charge in [0.15, 0.2) is 0 Å². The largest absolute Gasteiger partial charge is 0.372 e. The van der Waals surface area contributed by atoms with E-state index in [0.29, 0.717) is 19.2 Å². The Bertz CT molecular complexity index is 490. The van der Waals surface area contributed by atoms with E-state index in [2.05, 4.69) is 29.4 Å². The standard InChI is InChI=1S/C25H45N3O3/c1-3-5-7-9-11-15-24(29)26-17-13-19-28(21-23-22-31-23)20-14-18-27-25(30)16-12-10-8-6-4-2/h11-12,15-16,23H,3-10,13-14,17-22H2,1-2H3,(H,26,29)(H,27,30)/b15-11+,16-12+. The van der Waals surface area contributed by atoms with E-state index in [1.165, 1.54) is 25.7 Å². The minimum absolute atomic E-state index is 0.000893. The van der Waals surface area contributed by atoms with Gasteiger partial charge in [-0.3, -0.25) is 9.59 Å². The second-order valence-corrected chi connectivity index (χ2v) is 8.34. The zero-order chi connectivity index (χ0) is 22.6. The molecule has 1 saturated heterocycles. The number of carbonyl (C=O) groups is 2. The topological polar surface area (TPSA) is 74.0 Å². The van der Waals surface area contributed by atoms with Crippen LogP contribution < -0.4 is 10.6 Å². The summed E-state index contributed by atoms with van der Waals surface area (Å²) >= 11 is 0. The van der Waals surface area contributed by atoms with Crippen LogP contribution in [0.15, 0.2) is 24.3 Å². The molecule has 1 unspecified atom stereocenters. The Hall–Kier alpha value is -1.66. The molecule has 0 saturated carbocycles. The second-order valence-electron chi connectivity index (χ2n) is 8.34. The molecule has 0 bridgehead atoms. The number of allylic oxidation sites excluding steroid dienone is 2. The summed E-state index contributed by atoms with van der Waals surface area (Å²) in [5, 5.41) is 5.93. The molecule has 0 aliphatic carbocycles. The smallest absolute Gasteiger partial charge is 0.243 e. The molecule has 1 atom stereocenters. The van der Waals surface area contributed by atoms with E-state index in [0.717, 1.165) is 64.8 Å². The molecule has 1 fully saturated rings. The maximum atomic E-state index is 11.8. The number of epoxide rings is 1. The van der Waals surface area contributed by atoms with E-state index < -0.39 is 0 Å². The summed E-state index contributed by atoms with van der Waals surface area (Å²) in [6, 6.07) is 0. The Morgan fingerprint density at radius 1 is 0.839 bits per heavy atom. The molecule has 0 aromatic rings. The minimum atomic E-state index is -0.000893. The van der Waals surface area contributed by atoms with Crippen LogP contribution in [0.2, 0.25) is 0 Å². The highest BCUT2D eigenvalue weighted by Gasteiger charge is 2.24. The van der Waals surface area contributed by atoms with Crippen LogP contribution in [-0.2, 0) is 14.3 Å². The maximum absolute atomic E-state index is 11.8. The van der Waals surface area contributed by atoms with Crippen LogP contribution in [0.1, 0.15) is 78.1 Å². The molecule has 31 heavy (non-hydrogen) atoms. The molecule has 178 valence electrons. The van der Waals surface area contributed by atoms with Crippen molar-refractivity contribution in [2.24, 2.45) is 0 Å². The van der Waals surface area contributed by atoms with Crippen LogP contribution in [0.25, 0.3) is 0 Å². The van der Waals surface area contributed by atoms with Gasteiger partial charge in [0, 0.05) is 19.6 Å². The fraction of sp³-hybridized carbons (Fsp3) is 0.760. The van der Waals surface area contributed by atoms with E-state index in [1.54, 1.807) is 12.2 Å². The van der Waals surface area contributed by atoms with Crippen LogP contribution in [0.3, 0.4) is 0 Å². The number of hydrogen-bond acceptors (Lipinski definition) is 4. The molecule has 0 aromatic carbocycles. The van der Waals surface area contributed by atoms with Crippen molar-refractivity contribution in [1.82, 2.24) is 15.5 Å². The molecule has 1 aliphatic rings. The van der Waals surface area contributed by atoms with Gasteiger partial charge in [-0.15, -0.1) is 0 Å². The van der Waals surface area contributed by atoms with Gasteiger partial charge in [0.2, 0.25) is 11.8 Å². The molecule has 2 N–H and O–H groups in total. The number of amides is 2. The summed E-state index contributed by atoms with van der Waals surface area (Å²) in [5.41, 5.74) is 0. The predicted molar refractivity (Wildman–Crippen MR) is 128 cm³/mol. The number of ether oxygens (including phenoxy) is 1. The van der Waals surface area contributed by atoms with E-state index >= 15 is 0 Å². The lowest BCUT2D eigenvalue weighted by Gasteiger charge is -2.21. The molecule has 0 spiro atoms. The van der Waals surface area contributed by atoms with Gasteiger partial charge >= 0.3 is 0 Å². The Morgan fingerprint density at radius 3 is 1.74 bits per heavy atom. The van der Waals surface area contributed by atoms with Gasteiger partial charge in [0.1, 0.15) is 0 Å². The van der Waals surface area contributed by atoms with Crippen molar-refractivity contribution in [1.29, 1.82) is 0 Å². The lowest BCUT2D eigenvalue weighted by atomic mass is 10.2. The van der Waals surface area contributed by atoms with E-state index in [4.69, 9.17) is 4.74 Å². The average Bonchev–Trinajstić information content (AvgIpc) is 3.57. The number of nitrogens with zero attached hydrogens (tertiary/aromatic N) is 1. The molecule has 1 heterocycles. The second kappa shape index (κ2) is 19.1. The number of unbranched alkanes of at least 4 members (excludes halogenated alkanes) is 6. The third-order valence-electron chi connectivity index (χ3n) is 5.25. The average molecular weight is 436 g/mol. The first-order chi connectivity index (χ1) is 15.2. The first-order valence-corrected chi connectivity index (χ1v) is 12.4. The summed E-state index contributed by atoms with van der Waals surface area (Å²) in [4.78, 5) is 26.0. The molecule has 1 aliphatic heterocycles. The Labute approximate surface area is 189 Å². The van der Waals surface area contributed by atoms with Gasteiger partial charge in [-0.1, -0.05) is 51.7 Å². The van der Waals surface area contributed by atoms with Crippen molar-refractivity contribution < 1.29 is 14.3 Å². The number of rotatable bonds is 20. The Kier molecular flexibility index (Phi) is 16.8. The maximum Gasteiger partial charge on any atom is 0.243 e. The van der Waals surface area contributed by atoms with Crippen LogP contribution in [-0.4, -0.2) is 62.1 Å². The van der Waals surface area contributed by atoms with Gasteiger partial charge in [-0.25, -0.2) is 0 Å². The highest BCUT2D eigenvalue weighted by molar-refractivity contribution is 5.87. The highest BCUT2D eigenvalue weighted by Crippen LogP contribution is 2.11. The van der Waals surface area contributed by atoms with Gasteiger partial charge in [0.05, 0.1) is 12.7 Å². The summed E-state index contributed by atoms with van der Waals surface area (Å²) in [5.74, 6) is -0.00179. The third kappa shape index (κ3) is 17.7. The van der Waals surface area contributed by atoms with Crippen LogP contribution in [0.5, 0.6) is 0 Å². The van der Waals surface area contributed by atoms with Gasteiger partial charge < -0.3 is 20.3 Å². The molecule has 6 heteroatoms. The van der Waals surface area contributed by atoms with Crippen molar-refractivity contribution in [3.05, 3.63) is 24.3 Å². The van der Waals surface area contributed by atoms with Gasteiger partial charge in [0.25, 0.3) is 0 Å². The van der Waals surface area contributed by atoms with Crippen molar-refractivity contribution in [2.75, 3.05) is 39.3 Å². The Balaban J connectivity index is 2.12. The van der Waals surface area contributed by atoms with Crippen LogP contribution in [0, 0.1) is 0 Å². The van der Waals surface area contributed by atoms with Crippen LogP contribution in [0.4, 0.5) is 0 Å². The molecule has 0 aromatic heterocycles. The lowest BCUT2D eigenvalue weighted by molar-refractivity contribution is -0.117. The van der Waals surface area contributed by atoms with Crippen LogP contribution >= 0.6 is 0 Å². The fourth-order valence-electron chi connectivity index (χ4n) is 3.31. The van der Waals surface area contributed by atoms with Gasteiger partial charge in [-0.2, -0.15) is 0 Å². The lowest BCUT2D eigenvalue weighted by Crippen LogP contribution is -2.34. The van der Waals surface area contributed by atoms with E-state index in [9.17, 15) is 9.59 Å². The zero-order valence-corrected chi connectivity index (χ0v) is 19.9. The van der Waals surface area contributed by atoms with E-state index in [-0.39, 0.29) is 11.8 Å². The quantitative estimate of drug-likeness (QED) is 0.172. The SMILES string of the molecule is CCCCC/C=C/C(=O)NCCCN(CCCNC(=O)/C=C/CCCCC)CC1CO1. The predicted octanol–water partition coefficient (Wildman–Crippen LogP) is 3.97. The normalized spacial score (nSPS) is 15.8. The first kappa shape index (κ1) is 27.4. The molecule has 2 amide bonds. The highest BCUT2D eigenvalue weighted by atomic mass is 16.6. The molecular weight excluding hydrogens is 390 g/mol. The number of carbonyl (C=O) groups excluding carboxylic acids is 2. The molecule has 6 nitrogen and oxygen atoms in total. The van der Waals surface area contributed by atoms with E-state index in [1.807, 2.05) is 12.2 Å². The number of nitrogens with one attached hydrogen (secondary N) is 2. The van der Waals surface area contributed by atoms with Crippen molar-refractivity contribution in [2.45, 2.75) is 84.2 Å². The Morgan fingerprint density at radius 2 is 1.32 bits per heavy atom. The van der Waals surface area contributed by atoms with Crippen molar-refractivity contribution in [3.8, 4) is 0 Å². The molecule has 0 radical (unpaired) electrons. The summed E-state index contributed by atoms with van der Waals surface area (Å²) in [6.07, 6.45) is 18.5. The summed E-state index contributed by atoms with van der Waals surface area (Å²) in [7, 11) is 0. The fourth-order valence-corrected chi connectivity index (χ4v) is 3.31. The molecular formula is C25H45N3O3. The third-order valence-corrected chi connectivity index (χ3v) is 5.25. The minimum Gasteiger partial charge on any atom is -0.372 e. The monoisotopic (exact) mass is 435 g/mol. The zero-order valence-electron chi connectivity index (χ0n) is 19.9. The van der Waals surface area contributed by atoms with Crippen molar-refractivity contribution >= 4 is 11.8 Å². The number of hydrogen-bond donors (Lipinski definition) is 2. The summed E-state index contributed by atoms with van der Waals surface area (Å²) in [6.45, 7) is 9.33. The molecule has 1 rings (SSSR count). The van der Waals surface area contributed by atoms with Crippen molar-refractivity contribution in [3.63, 3.8) is 0 Å². The first-order valence-electron chi connectivity index (χ1n) is 12.4. The van der Waals surface area contributed by atoms with Gasteiger partial charge in [-0.05, 0) is 63.8 Å².